The maximum Gasteiger partial charge on any atom is 0.264 e. The number of piperidine rings is 1. The van der Waals surface area contributed by atoms with Gasteiger partial charge in [0.15, 0.2) is 0 Å². The number of hydrogen-bond acceptors (Lipinski definition) is 4. The van der Waals surface area contributed by atoms with E-state index in [-0.39, 0.29) is 10.9 Å². The van der Waals surface area contributed by atoms with Crippen molar-refractivity contribution in [3.63, 3.8) is 0 Å². The third-order valence-electron chi connectivity index (χ3n) is 5.47. The van der Waals surface area contributed by atoms with E-state index in [1.807, 2.05) is 18.3 Å². The van der Waals surface area contributed by atoms with Crippen LogP contribution in [0.15, 0.2) is 78.0 Å². The molecule has 2 heterocycles. The van der Waals surface area contributed by atoms with Crippen LogP contribution in [0.2, 0.25) is 5.02 Å². The van der Waals surface area contributed by atoms with Gasteiger partial charge in [0.2, 0.25) is 0 Å². The topological polar surface area (TPSA) is 53.5 Å². The SMILES string of the molecule is O=S(=O)(c1ccc(Cl)cc1)N(c1ccc(F)cc1)C1CCN(Cc2cccnc2)CC1. The third kappa shape index (κ3) is 5.06. The minimum atomic E-state index is -3.84. The molecule has 1 saturated heterocycles. The molecule has 0 saturated carbocycles. The molecule has 0 spiro atoms. The van der Waals surface area contributed by atoms with Gasteiger partial charge < -0.3 is 0 Å². The number of sulfonamides is 1. The number of anilines is 1. The van der Waals surface area contributed by atoms with E-state index in [9.17, 15) is 12.8 Å². The molecule has 3 aromatic rings. The third-order valence-corrected chi connectivity index (χ3v) is 7.62. The van der Waals surface area contributed by atoms with Gasteiger partial charge in [-0.05, 0) is 73.0 Å². The summed E-state index contributed by atoms with van der Waals surface area (Å²) in [5.74, 6) is -0.404. The van der Waals surface area contributed by atoms with E-state index in [1.165, 1.54) is 40.7 Å². The van der Waals surface area contributed by atoms with Gasteiger partial charge in [-0.1, -0.05) is 17.7 Å². The zero-order chi connectivity index (χ0) is 21.8. The molecule has 1 aliphatic heterocycles. The van der Waals surface area contributed by atoms with Gasteiger partial charge in [-0.3, -0.25) is 14.2 Å². The highest BCUT2D eigenvalue weighted by Crippen LogP contribution is 2.31. The summed E-state index contributed by atoms with van der Waals surface area (Å²) in [4.78, 5) is 6.62. The van der Waals surface area contributed by atoms with E-state index in [1.54, 1.807) is 18.3 Å². The molecule has 0 unspecified atom stereocenters. The van der Waals surface area contributed by atoms with Crippen LogP contribution in [0.3, 0.4) is 0 Å². The highest BCUT2D eigenvalue weighted by molar-refractivity contribution is 7.92. The van der Waals surface area contributed by atoms with Crippen molar-refractivity contribution >= 4 is 27.3 Å². The molecule has 31 heavy (non-hydrogen) atoms. The summed E-state index contributed by atoms with van der Waals surface area (Å²) in [5.41, 5.74) is 1.59. The minimum Gasteiger partial charge on any atom is -0.299 e. The van der Waals surface area contributed by atoms with Gasteiger partial charge in [-0.2, -0.15) is 0 Å². The number of nitrogens with zero attached hydrogens (tertiary/aromatic N) is 3. The summed E-state index contributed by atoms with van der Waals surface area (Å²) in [6, 6.07) is 15.5. The normalized spacial score (nSPS) is 15.7. The lowest BCUT2D eigenvalue weighted by Gasteiger charge is -2.39. The summed E-state index contributed by atoms with van der Waals surface area (Å²) in [7, 11) is -3.84. The van der Waals surface area contributed by atoms with Crippen molar-refractivity contribution in [3.05, 3.63) is 89.5 Å². The number of hydrogen-bond donors (Lipinski definition) is 0. The average Bonchev–Trinajstić information content (AvgIpc) is 2.77. The fraction of sp³-hybridized carbons (Fsp3) is 0.261. The van der Waals surface area contributed by atoms with Gasteiger partial charge in [-0.25, -0.2) is 12.8 Å². The Hall–Kier alpha value is -2.48. The lowest BCUT2D eigenvalue weighted by molar-refractivity contribution is 0.206. The molecular formula is C23H23ClFN3O2S. The summed E-state index contributed by atoms with van der Waals surface area (Å²) < 4.78 is 42.1. The standard InChI is InChI=1S/C23H23ClFN3O2S/c24-19-3-9-23(10-4-19)31(29,30)28(21-7-5-20(25)6-8-21)22-11-14-27(15-12-22)17-18-2-1-13-26-16-18/h1-10,13,16,22H,11-12,14-15,17H2. The van der Waals surface area contributed by atoms with Crippen molar-refractivity contribution in [1.82, 2.24) is 9.88 Å². The van der Waals surface area contributed by atoms with Crippen molar-refractivity contribution in [1.29, 1.82) is 0 Å². The van der Waals surface area contributed by atoms with Gasteiger partial charge in [-0.15, -0.1) is 0 Å². The first-order valence-electron chi connectivity index (χ1n) is 10.1. The quantitative estimate of drug-likeness (QED) is 0.534. The Balaban J connectivity index is 1.58. The molecule has 0 amide bonds. The van der Waals surface area contributed by atoms with Crippen molar-refractivity contribution in [2.24, 2.45) is 0 Å². The number of rotatable bonds is 6. The molecule has 0 bridgehead atoms. The fourth-order valence-corrected chi connectivity index (χ4v) is 5.75. The van der Waals surface area contributed by atoms with E-state index in [4.69, 9.17) is 11.6 Å². The zero-order valence-corrected chi connectivity index (χ0v) is 18.4. The van der Waals surface area contributed by atoms with Crippen LogP contribution in [0.4, 0.5) is 10.1 Å². The Kier molecular flexibility index (Phi) is 6.55. The molecule has 0 radical (unpaired) electrons. The van der Waals surface area contributed by atoms with E-state index in [0.29, 0.717) is 23.6 Å². The molecule has 0 aliphatic carbocycles. The molecule has 0 N–H and O–H groups in total. The van der Waals surface area contributed by atoms with Crippen LogP contribution in [0.25, 0.3) is 0 Å². The van der Waals surface area contributed by atoms with Crippen LogP contribution in [0.5, 0.6) is 0 Å². The first kappa shape index (κ1) is 21.7. The van der Waals surface area contributed by atoms with Crippen molar-refractivity contribution < 1.29 is 12.8 Å². The predicted molar refractivity (Wildman–Crippen MR) is 120 cm³/mol. The van der Waals surface area contributed by atoms with Gasteiger partial charge >= 0.3 is 0 Å². The number of benzene rings is 2. The Labute approximate surface area is 187 Å². The Morgan fingerprint density at radius 1 is 1.03 bits per heavy atom. The van der Waals surface area contributed by atoms with E-state index in [2.05, 4.69) is 9.88 Å². The number of likely N-dealkylation sites (tertiary alicyclic amines) is 1. The molecule has 4 rings (SSSR count). The molecule has 162 valence electrons. The Morgan fingerprint density at radius 2 is 1.71 bits per heavy atom. The summed E-state index contributed by atoms with van der Waals surface area (Å²) in [5, 5.41) is 0.469. The summed E-state index contributed by atoms with van der Waals surface area (Å²) in [6.07, 6.45) is 4.94. The lowest BCUT2D eigenvalue weighted by atomic mass is 10.0. The van der Waals surface area contributed by atoms with Gasteiger partial charge in [0.05, 0.1) is 10.6 Å². The van der Waals surface area contributed by atoms with Gasteiger partial charge in [0, 0.05) is 43.1 Å². The smallest absolute Gasteiger partial charge is 0.264 e. The summed E-state index contributed by atoms with van der Waals surface area (Å²) >= 11 is 5.95. The largest absolute Gasteiger partial charge is 0.299 e. The minimum absolute atomic E-state index is 0.166. The number of pyridine rings is 1. The van der Waals surface area contributed by atoms with Crippen LogP contribution >= 0.6 is 11.6 Å². The molecule has 5 nitrogen and oxygen atoms in total. The highest BCUT2D eigenvalue weighted by Gasteiger charge is 2.34. The molecule has 0 atom stereocenters. The summed E-state index contributed by atoms with van der Waals surface area (Å²) in [6.45, 7) is 2.29. The first-order chi connectivity index (χ1) is 14.9. The van der Waals surface area contributed by atoms with Gasteiger partial charge in [0.1, 0.15) is 5.82 Å². The molecule has 1 aromatic heterocycles. The van der Waals surface area contributed by atoms with Crippen molar-refractivity contribution in [2.75, 3.05) is 17.4 Å². The van der Waals surface area contributed by atoms with E-state index in [0.717, 1.165) is 25.2 Å². The second kappa shape index (κ2) is 9.34. The first-order valence-corrected chi connectivity index (χ1v) is 11.9. The number of halogens is 2. The Morgan fingerprint density at radius 3 is 2.32 bits per heavy atom. The molecule has 1 aliphatic rings. The van der Waals surface area contributed by atoms with Crippen LogP contribution in [-0.2, 0) is 16.6 Å². The predicted octanol–water partition coefficient (Wildman–Crippen LogP) is 4.73. The van der Waals surface area contributed by atoms with Crippen LogP contribution in [0.1, 0.15) is 18.4 Å². The monoisotopic (exact) mass is 459 g/mol. The molecule has 8 heteroatoms. The van der Waals surface area contributed by atoms with Crippen LogP contribution in [-0.4, -0.2) is 37.4 Å². The fourth-order valence-electron chi connectivity index (χ4n) is 3.92. The maximum atomic E-state index is 13.6. The second-order valence-corrected chi connectivity index (χ2v) is 9.85. The maximum absolute atomic E-state index is 13.6. The van der Waals surface area contributed by atoms with Crippen molar-refractivity contribution in [3.8, 4) is 0 Å². The number of aromatic nitrogens is 1. The van der Waals surface area contributed by atoms with Crippen LogP contribution in [0, 0.1) is 5.82 Å². The molecular weight excluding hydrogens is 437 g/mol. The van der Waals surface area contributed by atoms with Crippen molar-refractivity contribution in [2.45, 2.75) is 30.3 Å². The molecule has 2 aromatic carbocycles. The highest BCUT2D eigenvalue weighted by atomic mass is 35.5. The average molecular weight is 460 g/mol. The van der Waals surface area contributed by atoms with E-state index < -0.39 is 15.8 Å². The Bertz CT molecular complexity index is 1100. The second-order valence-electron chi connectivity index (χ2n) is 7.60. The van der Waals surface area contributed by atoms with E-state index >= 15 is 0 Å². The van der Waals surface area contributed by atoms with Gasteiger partial charge in [0.25, 0.3) is 10.0 Å². The zero-order valence-electron chi connectivity index (χ0n) is 16.9. The van der Waals surface area contributed by atoms with Crippen LogP contribution < -0.4 is 4.31 Å². The molecule has 1 fully saturated rings. The lowest BCUT2D eigenvalue weighted by Crippen LogP contribution is -2.47.